The second-order valence-electron chi connectivity index (χ2n) is 7.42. The summed E-state index contributed by atoms with van der Waals surface area (Å²) in [5.74, 6) is -0.805. The van der Waals surface area contributed by atoms with Crippen LogP contribution in [0.15, 0.2) is 24.3 Å². The third-order valence-corrected chi connectivity index (χ3v) is 5.82. The van der Waals surface area contributed by atoms with E-state index in [0.29, 0.717) is 25.9 Å². The Labute approximate surface area is 143 Å². The molecule has 0 spiro atoms. The molecule has 1 saturated carbocycles. The number of amides is 1. The molecule has 2 aliphatic rings. The van der Waals surface area contributed by atoms with Crippen molar-refractivity contribution >= 4 is 11.9 Å². The van der Waals surface area contributed by atoms with Crippen LogP contribution in [-0.2, 0) is 15.0 Å². The van der Waals surface area contributed by atoms with Crippen molar-refractivity contribution in [1.29, 1.82) is 0 Å². The van der Waals surface area contributed by atoms with Gasteiger partial charge in [0.15, 0.2) is 0 Å². The highest BCUT2D eigenvalue weighted by Gasteiger charge is 2.44. The lowest BCUT2D eigenvalue weighted by Gasteiger charge is -2.42. The molecule has 2 fully saturated rings. The number of carbonyl (C=O) groups excluding carboxylic acids is 1. The van der Waals surface area contributed by atoms with Crippen LogP contribution in [0.3, 0.4) is 0 Å². The predicted molar refractivity (Wildman–Crippen MR) is 92.9 cm³/mol. The van der Waals surface area contributed by atoms with E-state index in [1.165, 1.54) is 12.0 Å². The van der Waals surface area contributed by atoms with Crippen LogP contribution in [0.1, 0.15) is 56.1 Å². The van der Waals surface area contributed by atoms with Crippen LogP contribution < -0.4 is 0 Å². The molecular weight excluding hydrogens is 302 g/mol. The standard InChI is InChI=1S/C20H27NO3/c1-15-6-5-7-17(14-15)20(10-3-2-4-11-20)19(24)21-12-8-16(9-13-21)18(22)23/h5-7,14,16H,2-4,8-13H2,1H3,(H,22,23). The van der Waals surface area contributed by atoms with Crippen molar-refractivity contribution in [2.45, 2.75) is 57.3 Å². The average molecular weight is 329 g/mol. The summed E-state index contributed by atoms with van der Waals surface area (Å²) in [6, 6.07) is 8.38. The molecule has 4 nitrogen and oxygen atoms in total. The maximum absolute atomic E-state index is 13.4. The average Bonchev–Trinajstić information content (AvgIpc) is 2.62. The lowest BCUT2D eigenvalue weighted by atomic mass is 9.68. The summed E-state index contributed by atoms with van der Waals surface area (Å²) in [5.41, 5.74) is 1.93. The number of carboxylic acids is 1. The van der Waals surface area contributed by atoms with Crippen LogP contribution in [-0.4, -0.2) is 35.0 Å². The van der Waals surface area contributed by atoms with Gasteiger partial charge in [-0.15, -0.1) is 0 Å². The Morgan fingerprint density at radius 2 is 1.79 bits per heavy atom. The smallest absolute Gasteiger partial charge is 0.306 e. The summed E-state index contributed by atoms with van der Waals surface area (Å²) in [5, 5.41) is 9.17. The first-order valence-electron chi connectivity index (χ1n) is 9.12. The van der Waals surface area contributed by atoms with E-state index in [9.17, 15) is 9.59 Å². The summed E-state index contributed by atoms with van der Waals surface area (Å²) < 4.78 is 0. The molecule has 0 bridgehead atoms. The van der Waals surface area contributed by atoms with Gasteiger partial charge in [0.05, 0.1) is 11.3 Å². The van der Waals surface area contributed by atoms with Crippen LogP contribution >= 0.6 is 0 Å². The minimum atomic E-state index is -0.729. The molecule has 0 unspecified atom stereocenters. The molecule has 1 amide bonds. The molecule has 1 aliphatic heterocycles. The van der Waals surface area contributed by atoms with Crippen molar-refractivity contribution < 1.29 is 14.7 Å². The van der Waals surface area contributed by atoms with E-state index in [2.05, 4.69) is 25.1 Å². The van der Waals surface area contributed by atoms with Crippen molar-refractivity contribution in [3.63, 3.8) is 0 Å². The molecule has 1 saturated heterocycles. The summed E-state index contributed by atoms with van der Waals surface area (Å²) in [6.07, 6.45) is 6.34. The Balaban J connectivity index is 1.84. The van der Waals surface area contributed by atoms with E-state index in [-0.39, 0.29) is 11.8 Å². The topological polar surface area (TPSA) is 57.6 Å². The molecule has 1 aromatic carbocycles. The minimum Gasteiger partial charge on any atom is -0.481 e. The summed E-state index contributed by atoms with van der Waals surface area (Å²) >= 11 is 0. The summed E-state index contributed by atoms with van der Waals surface area (Å²) in [7, 11) is 0. The lowest BCUT2D eigenvalue weighted by molar-refractivity contribution is -0.148. The molecule has 130 valence electrons. The van der Waals surface area contributed by atoms with E-state index in [1.54, 1.807) is 0 Å². The highest BCUT2D eigenvalue weighted by atomic mass is 16.4. The molecule has 24 heavy (non-hydrogen) atoms. The fourth-order valence-corrected chi connectivity index (χ4v) is 4.36. The molecule has 0 atom stereocenters. The van der Waals surface area contributed by atoms with E-state index < -0.39 is 11.4 Å². The lowest BCUT2D eigenvalue weighted by Crippen LogP contribution is -2.51. The normalized spacial score (nSPS) is 21.5. The Morgan fingerprint density at radius 1 is 1.12 bits per heavy atom. The molecule has 4 heteroatoms. The van der Waals surface area contributed by atoms with Gasteiger partial charge in [0, 0.05) is 13.1 Å². The number of benzene rings is 1. The maximum Gasteiger partial charge on any atom is 0.306 e. The van der Waals surface area contributed by atoms with Crippen LogP contribution in [0, 0.1) is 12.8 Å². The number of nitrogens with zero attached hydrogens (tertiary/aromatic N) is 1. The number of rotatable bonds is 3. The Hall–Kier alpha value is -1.84. The van der Waals surface area contributed by atoms with Gasteiger partial charge < -0.3 is 10.0 Å². The van der Waals surface area contributed by atoms with Gasteiger partial charge in [0.2, 0.25) is 5.91 Å². The number of hydrogen-bond acceptors (Lipinski definition) is 2. The summed E-state index contributed by atoms with van der Waals surface area (Å²) in [6.45, 7) is 3.22. The Morgan fingerprint density at radius 3 is 2.38 bits per heavy atom. The second kappa shape index (κ2) is 6.96. The van der Waals surface area contributed by atoms with Crippen molar-refractivity contribution in [3.05, 3.63) is 35.4 Å². The van der Waals surface area contributed by atoms with Crippen LogP contribution in [0.4, 0.5) is 0 Å². The first-order chi connectivity index (χ1) is 11.5. The first-order valence-corrected chi connectivity index (χ1v) is 9.12. The van der Waals surface area contributed by atoms with E-state index in [0.717, 1.165) is 31.2 Å². The van der Waals surface area contributed by atoms with Crippen LogP contribution in [0.25, 0.3) is 0 Å². The van der Waals surface area contributed by atoms with E-state index in [1.807, 2.05) is 11.0 Å². The van der Waals surface area contributed by atoms with Crippen molar-refractivity contribution in [2.24, 2.45) is 5.92 Å². The zero-order chi connectivity index (χ0) is 17.2. The predicted octanol–water partition coefficient (Wildman–Crippen LogP) is 3.52. The van der Waals surface area contributed by atoms with Crippen molar-refractivity contribution in [3.8, 4) is 0 Å². The zero-order valence-corrected chi connectivity index (χ0v) is 14.5. The van der Waals surface area contributed by atoms with Gasteiger partial charge in [-0.25, -0.2) is 0 Å². The summed E-state index contributed by atoms with van der Waals surface area (Å²) in [4.78, 5) is 26.5. The van der Waals surface area contributed by atoms with E-state index in [4.69, 9.17) is 5.11 Å². The largest absolute Gasteiger partial charge is 0.481 e. The Bertz CT molecular complexity index is 611. The second-order valence-corrected chi connectivity index (χ2v) is 7.42. The number of carbonyl (C=O) groups is 2. The van der Waals surface area contributed by atoms with Crippen molar-refractivity contribution in [2.75, 3.05) is 13.1 Å². The van der Waals surface area contributed by atoms with Gasteiger partial charge in [0.25, 0.3) is 0 Å². The van der Waals surface area contributed by atoms with Gasteiger partial charge in [-0.2, -0.15) is 0 Å². The first kappa shape index (κ1) is 17.0. The molecule has 1 aromatic rings. The van der Waals surface area contributed by atoms with Gasteiger partial charge in [-0.05, 0) is 38.2 Å². The highest BCUT2D eigenvalue weighted by molar-refractivity contribution is 5.88. The number of carboxylic acid groups (broad SMARTS) is 1. The molecule has 1 heterocycles. The zero-order valence-electron chi connectivity index (χ0n) is 14.5. The Kier molecular flexibility index (Phi) is 4.93. The molecular formula is C20H27NO3. The fourth-order valence-electron chi connectivity index (χ4n) is 4.36. The number of hydrogen-bond donors (Lipinski definition) is 1. The number of aryl methyl sites for hydroxylation is 1. The molecule has 0 aromatic heterocycles. The van der Waals surface area contributed by atoms with Gasteiger partial charge in [0.1, 0.15) is 0 Å². The van der Waals surface area contributed by atoms with Crippen LogP contribution in [0.2, 0.25) is 0 Å². The maximum atomic E-state index is 13.4. The quantitative estimate of drug-likeness (QED) is 0.923. The minimum absolute atomic E-state index is 0.219. The third kappa shape index (κ3) is 3.19. The fraction of sp³-hybridized carbons (Fsp3) is 0.600. The highest BCUT2D eigenvalue weighted by Crippen LogP contribution is 2.42. The third-order valence-electron chi connectivity index (χ3n) is 5.82. The monoisotopic (exact) mass is 329 g/mol. The SMILES string of the molecule is Cc1cccc(C2(C(=O)N3CCC(C(=O)O)CC3)CCCCC2)c1. The van der Waals surface area contributed by atoms with Gasteiger partial charge in [-0.1, -0.05) is 49.1 Å². The van der Waals surface area contributed by atoms with Crippen molar-refractivity contribution in [1.82, 2.24) is 4.90 Å². The number of piperidine rings is 1. The molecule has 1 aliphatic carbocycles. The number of likely N-dealkylation sites (tertiary alicyclic amines) is 1. The van der Waals surface area contributed by atoms with E-state index >= 15 is 0 Å². The van der Waals surface area contributed by atoms with Crippen LogP contribution in [0.5, 0.6) is 0 Å². The molecule has 3 rings (SSSR count). The van der Waals surface area contributed by atoms with Gasteiger partial charge >= 0.3 is 5.97 Å². The van der Waals surface area contributed by atoms with Gasteiger partial charge in [-0.3, -0.25) is 9.59 Å². The number of aliphatic carboxylic acids is 1. The molecule has 0 radical (unpaired) electrons. The molecule has 1 N–H and O–H groups in total.